The van der Waals surface area contributed by atoms with Gasteiger partial charge in [-0.3, -0.25) is 0 Å². The molecule has 0 bridgehead atoms. The van der Waals surface area contributed by atoms with Gasteiger partial charge in [-0.15, -0.1) is 0 Å². The molecule has 0 fully saturated rings. The molecular weight excluding hydrogens is 540 g/mol. The maximum atomic E-state index is 6.25. The second-order valence-corrected chi connectivity index (χ2v) is 11.4. The molecule has 7 aromatic carbocycles. The first-order valence-corrected chi connectivity index (χ1v) is 14.7. The molecule has 0 aliphatic heterocycles. The van der Waals surface area contributed by atoms with Gasteiger partial charge in [0.2, 0.25) is 0 Å². The Morgan fingerprint density at radius 1 is 0.341 bits per heavy atom. The van der Waals surface area contributed by atoms with Crippen molar-refractivity contribution in [1.82, 2.24) is 9.97 Å². The van der Waals surface area contributed by atoms with E-state index in [9.17, 15) is 0 Å². The second kappa shape index (κ2) is 8.76. The summed E-state index contributed by atoms with van der Waals surface area (Å²) in [5.41, 5.74) is 8.26. The Morgan fingerprint density at radius 3 is 1.75 bits per heavy atom. The zero-order valence-electron chi connectivity index (χ0n) is 23.4. The van der Waals surface area contributed by atoms with Crippen molar-refractivity contribution in [3.8, 4) is 33.9 Å². The highest BCUT2D eigenvalue weighted by atomic mass is 16.3. The van der Waals surface area contributed by atoms with Crippen LogP contribution in [0, 0.1) is 0 Å². The topological polar surface area (TPSA) is 52.1 Å². The van der Waals surface area contributed by atoms with Crippen LogP contribution in [0.25, 0.3) is 99.3 Å². The van der Waals surface area contributed by atoms with Crippen molar-refractivity contribution in [3.63, 3.8) is 0 Å². The molecule has 0 unspecified atom stereocenters. The number of hydrogen-bond donors (Lipinski definition) is 0. The predicted molar refractivity (Wildman–Crippen MR) is 179 cm³/mol. The van der Waals surface area contributed by atoms with E-state index in [0.29, 0.717) is 5.82 Å². The molecule has 0 saturated heterocycles. The minimum Gasteiger partial charge on any atom is -0.456 e. The van der Waals surface area contributed by atoms with Gasteiger partial charge in [0.15, 0.2) is 5.82 Å². The number of benzene rings is 7. The molecule has 0 radical (unpaired) electrons. The predicted octanol–water partition coefficient (Wildman–Crippen LogP) is 11.0. The Labute approximate surface area is 251 Å². The summed E-state index contributed by atoms with van der Waals surface area (Å²) < 4.78 is 12.5. The SMILES string of the molecule is c1ccc(-c2cc(-c3ccc4c(c3)oc3ccccc34)nc(-c3ccc4c(c3)c3cccc5oc6cccc4c6c53)n2)cc1. The second-order valence-electron chi connectivity index (χ2n) is 11.4. The van der Waals surface area contributed by atoms with Crippen LogP contribution in [0.1, 0.15) is 0 Å². The quantitative estimate of drug-likeness (QED) is 0.201. The molecule has 10 rings (SSSR count). The molecule has 0 spiro atoms. The Hall–Kier alpha value is -6.00. The number of nitrogens with zero attached hydrogens (tertiary/aromatic N) is 2. The molecule has 0 N–H and O–H groups in total. The van der Waals surface area contributed by atoms with Crippen molar-refractivity contribution in [1.29, 1.82) is 0 Å². The minimum atomic E-state index is 0.678. The van der Waals surface area contributed by atoms with Crippen molar-refractivity contribution in [2.24, 2.45) is 0 Å². The van der Waals surface area contributed by atoms with Crippen molar-refractivity contribution in [2.75, 3.05) is 0 Å². The van der Waals surface area contributed by atoms with Gasteiger partial charge >= 0.3 is 0 Å². The van der Waals surface area contributed by atoms with E-state index in [1.54, 1.807) is 0 Å². The first kappa shape index (κ1) is 23.6. The normalized spacial score (nSPS) is 12.1. The number of para-hydroxylation sites is 1. The summed E-state index contributed by atoms with van der Waals surface area (Å²) in [6.07, 6.45) is 0. The van der Waals surface area contributed by atoms with Gasteiger partial charge in [0.25, 0.3) is 0 Å². The fraction of sp³-hybridized carbons (Fsp3) is 0. The summed E-state index contributed by atoms with van der Waals surface area (Å²) >= 11 is 0. The Balaban J connectivity index is 1.22. The van der Waals surface area contributed by atoms with Gasteiger partial charge in [-0.05, 0) is 64.0 Å². The van der Waals surface area contributed by atoms with Crippen LogP contribution in [0.4, 0.5) is 0 Å². The van der Waals surface area contributed by atoms with Crippen molar-refractivity contribution >= 4 is 65.4 Å². The van der Waals surface area contributed by atoms with Gasteiger partial charge in [0, 0.05) is 38.2 Å². The third-order valence-corrected chi connectivity index (χ3v) is 8.85. The van der Waals surface area contributed by atoms with Gasteiger partial charge in [0.05, 0.1) is 11.4 Å². The van der Waals surface area contributed by atoms with Crippen LogP contribution < -0.4 is 0 Å². The van der Waals surface area contributed by atoms with Gasteiger partial charge < -0.3 is 8.83 Å². The van der Waals surface area contributed by atoms with Crippen LogP contribution in [-0.4, -0.2) is 9.97 Å². The maximum Gasteiger partial charge on any atom is 0.160 e. The van der Waals surface area contributed by atoms with E-state index in [1.807, 2.05) is 36.4 Å². The Kier molecular flexibility index (Phi) is 4.69. The molecule has 3 aromatic heterocycles. The number of fused-ring (bicyclic) bond motifs is 6. The number of hydrogen-bond acceptors (Lipinski definition) is 4. The standard InChI is InChI=1S/C40H22N2O2/c1-2-8-23(9-3-1)32-22-33(24-16-19-28-27-10-4-5-13-34(27)43-37(28)21-24)42-40(41-32)25-17-18-26-29-11-6-14-35-38(29)39-30(31(26)20-25)12-7-15-36(39)44-35/h1-22H. The summed E-state index contributed by atoms with van der Waals surface area (Å²) in [5.74, 6) is 0.678. The molecule has 3 heterocycles. The summed E-state index contributed by atoms with van der Waals surface area (Å²) in [4.78, 5) is 10.3. The fourth-order valence-corrected chi connectivity index (χ4v) is 6.82. The zero-order chi connectivity index (χ0) is 28.8. The van der Waals surface area contributed by atoms with E-state index in [2.05, 4.69) is 97.1 Å². The van der Waals surface area contributed by atoms with Gasteiger partial charge in [0.1, 0.15) is 22.3 Å². The first-order valence-electron chi connectivity index (χ1n) is 14.7. The van der Waals surface area contributed by atoms with E-state index in [1.165, 1.54) is 26.9 Å². The van der Waals surface area contributed by atoms with Crippen LogP contribution in [0.3, 0.4) is 0 Å². The van der Waals surface area contributed by atoms with Crippen LogP contribution in [0.5, 0.6) is 0 Å². The summed E-state index contributed by atoms with van der Waals surface area (Å²) in [6.45, 7) is 0. The highest BCUT2D eigenvalue weighted by Gasteiger charge is 2.18. The lowest BCUT2D eigenvalue weighted by molar-refractivity contribution is 0.669. The summed E-state index contributed by atoms with van der Waals surface area (Å²) in [5, 5.41) is 9.28. The Bertz CT molecular complexity index is 2720. The largest absolute Gasteiger partial charge is 0.456 e. The lowest BCUT2D eigenvalue weighted by Gasteiger charge is -2.12. The highest BCUT2D eigenvalue weighted by Crippen LogP contribution is 2.43. The molecule has 4 nitrogen and oxygen atoms in total. The third-order valence-electron chi connectivity index (χ3n) is 8.85. The van der Waals surface area contributed by atoms with E-state index in [0.717, 1.165) is 66.6 Å². The molecule has 4 heteroatoms. The zero-order valence-corrected chi connectivity index (χ0v) is 23.4. The van der Waals surface area contributed by atoms with Gasteiger partial charge in [-0.25, -0.2) is 9.97 Å². The van der Waals surface area contributed by atoms with E-state index in [-0.39, 0.29) is 0 Å². The molecule has 0 aliphatic rings. The number of rotatable bonds is 3. The molecular formula is C40H22N2O2. The first-order chi connectivity index (χ1) is 21.8. The van der Waals surface area contributed by atoms with Crippen LogP contribution in [0.2, 0.25) is 0 Å². The maximum absolute atomic E-state index is 6.25. The molecule has 0 amide bonds. The molecule has 10 aromatic rings. The summed E-state index contributed by atoms with van der Waals surface area (Å²) in [6, 6.07) is 46.0. The molecule has 44 heavy (non-hydrogen) atoms. The smallest absolute Gasteiger partial charge is 0.160 e. The van der Waals surface area contributed by atoms with Gasteiger partial charge in [-0.2, -0.15) is 0 Å². The molecule has 0 aliphatic carbocycles. The number of furan rings is 2. The van der Waals surface area contributed by atoms with E-state index in [4.69, 9.17) is 18.8 Å². The number of aromatic nitrogens is 2. The van der Waals surface area contributed by atoms with Crippen LogP contribution in [-0.2, 0) is 0 Å². The van der Waals surface area contributed by atoms with Crippen molar-refractivity contribution < 1.29 is 8.83 Å². The fourth-order valence-electron chi connectivity index (χ4n) is 6.82. The average Bonchev–Trinajstić information content (AvgIpc) is 3.66. The van der Waals surface area contributed by atoms with Crippen molar-refractivity contribution in [3.05, 3.63) is 133 Å². The van der Waals surface area contributed by atoms with E-state index < -0.39 is 0 Å². The van der Waals surface area contributed by atoms with Crippen LogP contribution in [0.15, 0.2) is 142 Å². The third kappa shape index (κ3) is 3.33. The molecule has 0 atom stereocenters. The highest BCUT2D eigenvalue weighted by molar-refractivity contribution is 6.33. The minimum absolute atomic E-state index is 0.678. The average molecular weight is 563 g/mol. The van der Waals surface area contributed by atoms with Crippen molar-refractivity contribution in [2.45, 2.75) is 0 Å². The van der Waals surface area contributed by atoms with Gasteiger partial charge in [-0.1, -0.05) is 91.0 Å². The molecule has 0 saturated carbocycles. The lowest BCUT2D eigenvalue weighted by atomic mass is 9.93. The van der Waals surface area contributed by atoms with E-state index >= 15 is 0 Å². The monoisotopic (exact) mass is 562 g/mol. The van der Waals surface area contributed by atoms with Crippen LogP contribution >= 0.6 is 0 Å². The molecule has 204 valence electrons. The summed E-state index contributed by atoms with van der Waals surface area (Å²) in [7, 11) is 0. The lowest BCUT2D eigenvalue weighted by Crippen LogP contribution is -1.96. The Morgan fingerprint density at radius 2 is 0.932 bits per heavy atom.